The maximum Gasteiger partial charge on any atom is 0.340 e. The second-order valence-corrected chi connectivity index (χ2v) is 11.2. The largest absolute Gasteiger partial charge is 0.459 e. The van der Waals surface area contributed by atoms with Crippen molar-refractivity contribution < 1.29 is 58.9 Å². The molecular weight excluding hydrogens is 518 g/mol. The second-order valence-electron chi connectivity index (χ2n) is 11.2. The van der Waals surface area contributed by atoms with Gasteiger partial charge < -0.3 is 44.5 Å². The normalized spacial score (nSPS) is 47.5. The van der Waals surface area contributed by atoms with Crippen LogP contribution in [0.5, 0.6) is 0 Å². The van der Waals surface area contributed by atoms with Crippen molar-refractivity contribution in [2.24, 2.45) is 17.8 Å². The zero-order valence-electron chi connectivity index (χ0n) is 21.8. The first-order chi connectivity index (χ1) is 18.3. The molecule has 39 heavy (non-hydrogen) atoms. The topological polar surface area (TPSA) is 202 Å². The van der Waals surface area contributed by atoms with Crippen LogP contribution in [0.3, 0.4) is 0 Å². The second kappa shape index (κ2) is 9.46. The third kappa shape index (κ3) is 3.82. The number of carbonyl (C=O) groups is 3. The van der Waals surface area contributed by atoms with Crippen LogP contribution in [0.25, 0.3) is 0 Å². The quantitative estimate of drug-likeness (QED) is 0.198. The van der Waals surface area contributed by atoms with E-state index in [2.05, 4.69) is 4.98 Å². The van der Waals surface area contributed by atoms with Crippen LogP contribution in [0, 0.1) is 17.8 Å². The molecule has 0 aromatic carbocycles. The van der Waals surface area contributed by atoms with Crippen LogP contribution in [-0.2, 0) is 28.5 Å². The van der Waals surface area contributed by atoms with Crippen LogP contribution in [0.15, 0.2) is 18.3 Å². The summed E-state index contributed by atoms with van der Waals surface area (Å²) >= 11 is 0. The smallest absolute Gasteiger partial charge is 0.340 e. The monoisotopic (exact) mass is 551 g/mol. The Balaban J connectivity index is 1.71. The molecule has 3 unspecified atom stereocenters. The van der Waals surface area contributed by atoms with Gasteiger partial charge in [-0.3, -0.25) is 14.6 Å². The van der Waals surface area contributed by atoms with Crippen molar-refractivity contribution in [2.45, 2.75) is 87.5 Å². The third-order valence-corrected chi connectivity index (χ3v) is 9.05. The minimum absolute atomic E-state index is 0.0819. The molecule has 5 rings (SSSR count). The van der Waals surface area contributed by atoms with Gasteiger partial charge in [-0.25, -0.2) is 4.79 Å². The SMILES string of the molecule is CC(=O)O[C@@H]1[C@H]2[C@@H](O)[C@@H](O)C3[C@@H](O)[C@@H](O)[C@@H]4OC(=O)C(C)C(C)c5ncccc5C(=O)OC[C@H]2O[C@@]31[C@@]4(C)O. The average Bonchev–Trinajstić information content (AvgIpc) is 3.15. The average molecular weight is 552 g/mol. The van der Waals surface area contributed by atoms with Gasteiger partial charge in [0.25, 0.3) is 0 Å². The van der Waals surface area contributed by atoms with E-state index in [0.717, 1.165) is 6.92 Å². The predicted octanol–water partition coefficient (Wildman–Crippen LogP) is -1.57. The molecule has 2 saturated carbocycles. The van der Waals surface area contributed by atoms with Crippen molar-refractivity contribution in [1.29, 1.82) is 0 Å². The molecule has 0 amide bonds. The Kier molecular flexibility index (Phi) is 6.76. The number of cyclic esters (lactones) is 1. The number of nitrogens with zero attached hydrogens (tertiary/aromatic N) is 1. The molecule has 5 N–H and O–H groups in total. The summed E-state index contributed by atoms with van der Waals surface area (Å²) in [4.78, 5) is 43.0. The minimum atomic E-state index is -2.38. The Morgan fingerprint density at radius 1 is 1.08 bits per heavy atom. The van der Waals surface area contributed by atoms with E-state index < -0.39 is 102 Å². The third-order valence-electron chi connectivity index (χ3n) is 9.05. The van der Waals surface area contributed by atoms with E-state index in [1.165, 1.54) is 32.2 Å². The lowest BCUT2D eigenvalue weighted by Gasteiger charge is -2.61. The van der Waals surface area contributed by atoms with Crippen LogP contribution in [0.2, 0.25) is 0 Å². The zero-order chi connectivity index (χ0) is 28.6. The van der Waals surface area contributed by atoms with Crippen molar-refractivity contribution in [3.05, 3.63) is 29.6 Å². The van der Waals surface area contributed by atoms with E-state index in [9.17, 15) is 39.9 Å². The van der Waals surface area contributed by atoms with Gasteiger partial charge in [0.2, 0.25) is 0 Å². The van der Waals surface area contributed by atoms with Gasteiger partial charge in [0.1, 0.15) is 36.1 Å². The molecule has 13 nitrogen and oxygen atoms in total. The Hall–Kier alpha value is -2.68. The highest BCUT2D eigenvalue weighted by atomic mass is 16.6. The van der Waals surface area contributed by atoms with E-state index in [4.69, 9.17) is 18.9 Å². The number of aliphatic hydroxyl groups excluding tert-OH is 4. The van der Waals surface area contributed by atoms with Crippen LogP contribution in [0.4, 0.5) is 0 Å². The number of aliphatic hydroxyl groups is 5. The highest BCUT2D eigenvalue weighted by Gasteiger charge is 2.81. The highest BCUT2D eigenvalue weighted by molar-refractivity contribution is 5.91. The molecular formula is C26H33NO12. The summed E-state index contributed by atoms with van der Waals surface area (Å²) in [5.74, 6) is -6.95. The molecule has 3 fully saturated rings. The minimum Gasteiger partial charge on any atom is -0.459 e. The first-order valence-electron chi connectivity index (χ1n) is 12.9. The number of esters is 3. The summed E-state index contributed by atoms with van der Waals surface area (Å²) in [5, 5.41) is 56.6. The zero-order valence-corrected chi connectivity index (χ0v) is 21.8. The van der Waals surface area contributed by atoms with E-state index in [0.29, 0.717) is 0 Å². The molecule has 13 heteroatoms. The number of rotatable bonds is 1. The summed E-state index contributed by atoms with van der Waals surface area (Å²) in [7, 11) is 0. The van der Waals surface area contributed by atoms with Crippen molar-refractivity contribution in [3.8, 4) is 0 Å². The van der Waals surface area contributed by atoms with Crippen LogP contribution in [0.1, 0.15) is 49.7 Å². The van der Waals surface area contributed by atoms with Gasteiger partial charge in [0.15, 0.2) is 6.10 Å². The fourth-order valence-corrected chi connectivity index (χ4v) is 6.92. The highest BCUT2D eigenvalue weighted by Crippen LogP contribution is 2.60. The lowest BCUT2D eigenvalue weighted by Crippen LogP contribution is -2.82. The Morgan fingerprint density at radius 3 is 2.41 bits per heavy atom. The summed E-state index contributed by atoms with van der Waals surface area (Å²) < 4.78 is 23.0. The van der Waals surface area contributed by atoms with Gasteiger partial charge in [0.05, 0.1) is 47.3 Å². The number of carbonyl (C=O) groups excluding carboxylic acids is 3. The van der Waals surface area contributed by atoms with Crippen LogP contribution >= 0.6 is 0 Å². The van der Waals surface area contributed by atoms with Gasteiger partial charge in [-0.1, -0.05) is 13.8 Å². The first kappa shape index (κ1) is 27.9. The number of fused-ring (bicyclic) bond motifs is 5. The van der Waals surface area contributed by atoms with Gasteiger partial charge >= 0.3 is 17.9 Å². The summed E-state index contributed by atoms with van der Waals surface area (Å²) in [6.07, 6.45) is -10.3. The molecule has 13 atom stereocenters. The van der Waals surface area contributed by atoms with Crippen LogP contribution < -0.4 is 0 Å². The Bertz CT molecular complexity index is 1170. The fraction of sp³-hybridized carbons (Fsp3) is 0.692. The standard InChI is InChI=1S/C26H33NO12/c1-9-10(2)23(33)38-22-20(32)19(31)15-18(30)17(29)14-13(8-36-24(34)12-6-5-7-27-16(9)12)39-26(15,25(22,4)35)21(14)37-11(3)28/h5-7,9-10,13-15,17-22,29-32,35H,8H2,1-4H3/t9?,10?,13-,14-,15?,17-,18+,19-,20-,21-,22+,25+,26+/m1/s1. The molecule has 2 aliphatic carbocycles. The molecule has 0 radical (unpaired) electrons. The summed E-state index contributed by atoms with van der Waals surface area (Å²) in [5.41, 5.74) is -4.23. The number of pyridine rings is 1. The lowest BCUT2D eigenvalue weighted by molar-refractivity contribution is -0.341. The lowest BCUT2D eigenvalue weighted by atomic mass is 9.53. The molecule has 2 aliphatic heterocycles. The molecule has 4 bridgehead atoms. The molecule has 1 spiro atoms. The van der Waals surface area contributed by atoms with Crippen molar-refractivity contribution in [2.75, 3.05) is 6.61 Å². The molecule has 4 aliphatic rings. The van der Waals surface area contributed by atoms with Crippen LogP contribution in [-0.4, -0.2) is 109 Å². The Morgan fingerprint density at radius 2 is 1.74 bits per heavy atom. The number of hydrogen-bond donors (Lipinski definition) is 5. The van der Waals surface area contributed by atoms with Crippen molar-refractivity contribution in [3.63, 3.8) is 0 Å². The van der Waals surface area contributed by atoms with Gasteiger partial charge in [-0.2, -0.15) is 0 Å². The fourth-order valence-electron chi connectivity index (χ4n) is 6.92. The number of ether oxygens (including phenoxy) is 4. The number of aromatic nitrogens is 1. The summed E-state index contributed by atoms with van der Waals surface area (Å²) in [6, 6.07) is 3.01. The first-order valence-corrected chi connectivity index (χ1v) is 12.9. The maximum absolute atomic E-state index is 13.4. The van der Waals surface area contributed by atoms with E-state index in [1.54, 1.807) is 6.92 Å². The van der Waals surface area contributed by atoms with E-state index in [-0.39, 0.29) is 11.3 Å². The molecule has 214 valence electrons. The van der Waals surface area contributed by atoms with Crippen molar-refractivity contribution in [1.82, 2.24) is 4.98 Å². The molecule has 1 aromatic heterocycles. The van der Waals surface area contributed by atoms with Crippen molar-refractivity contribution >= 4 is 17.9 Å². The number of hydrogen-bond acceptors (Lipinski definition) is 13. The van der Waals surface area contributed by atoms with Gasteiger partial charge in [-0.15, -0.1) is 0 Å². The predicted molar refractivity (Wildman–Crippen MR) is 127 cm³/mol. The van der Waals surface area contributed by atoms with Gasteiger partial charge in [-0.05, 0) is 19.1 Å². The van der Waals surface area contributed by atoms with Gasteiger partial charge in [0, 0.05) is 19.0 Å². The van der Waals surface area contributed by atoms with E-state index >= 15 is 0 Å². The maximum atomic E-state index is 13.4. The molecule has 3 heterocycles. The molecule has 1 aromatic rings. The summed E-state index contributed by atoms with van der Waals surface area (Å²) in [6.45, 7) is 4.95. The molecule has 1 saturated heterocycles. The Labute approximate surface area is 223 Å². The van der Waals surface area contributed by atoms with E-state index in [1.807, 2.05) is 0 Å².